The molecule has 1 heterocycles. The summed E-state index contributed by atoms with van der Waals surface area (Å²) in [6.07, 6.45) is 0.969. The minimum Gasteiger partial charge on any atom is -0.380 e. The Hall–Kier alpha value is -3.25. The summed E-state index contributed by atoms with van der Waals surface area (Å²) >= 11 is 0. The van der Waals surface area contributed by atoms with Gasteiger partial charge in [0.1, 0.15) is 5.56 Å². The Labute approximate surface area is 176 Å². The molecule has 6 nitrogen and oxygen atoms in total. The number of amides is 1. The van der Waals surface area contributed by atoms with Crippen molar-refractivity contribution < 1.29 is 9.53 Å². The fourth-order valence-electron chi connectivity index (χ4n) is 3.10. The first-order valence-electron chi connectivity index (χ1n) is 10.2. The summed E-state index contributed by atoms with van der Waals surface area (Å²) in [5, 5.41) is 9.55. The van der Waals surface area contributed by atoms with Gasteiger partial charge in [-0.2, -0.15) is 5.10 Å². The zero-order chi connectivity index (χ0) is 21.3. The van der Waals surface area contributed by atoms with Gasteiger partial charge >= 0.3 is 0 Å². The van der Waals surface area contributed by atoms with Crippen LogP contribution in [0, 0.1) is 5.92 Å². The molecule has 3 aromatic rings. The molecule has 0 fully saturated rings. The number of hydrogen-bond acceptors (Lipinski definition) is 4. The predicted octanol–water partition coefficient (Wildman–Crippen LogP) is 3.90. The quantitative estimate of drug-likeness (QED) is 0.529. The third-order valence-electron chi connectivity index (χ3n) is 4.69. The summed E-state index contributed by atoms with van der Waals surface area (Å²) in [4.78, 5) is 25.6. The van der Waals surface area contributed by atoms with Crippen LogP contribution in [0.4, 0.5) is 0 Å². The fraction of sp³-hybridized carbons (Fsp3) is 0.292. The largest absolute Gasteiger partial charge is 0.380 e. The first-order valence-corrected chi connectivity index (χ1v) is 10.2. The lowest BCUT2D eigenvalue weighted by Gasteiger charge is -2.14. The van der Waals surface area contributed by atoms with Gasteiger partial charge in [-0.25, -0.2) is 5.10 Å². The van der Waals surface area contributed by atoms with Crippen LogP contribution in [0.2, 0.25) is 0 Å². The van der Waals surface area contributed by atoms with Crippen molar-refractivity contribution in [2.24, 2.45) is 5.92 Å². The molecule has 1 amide bonds. The summed E-state index contributed by atoms with van der Waals surface area (Å²) in [5.41, 5.74) is 2.18. The van der Waals surface area contributed by atoms with E-state index in [0.717, 1.165) is 17.5 Å². The van der Waals surface area contributed by atoms with E-state index in [1.54, 1.807) is 0 Å². The summed E-state index contributed by atoms with van der Waals surface area (Å²) in [6.45, 7) is 5.64. The third kappa shape index (κ3) is 5.42. The number of ether oxygens (including phenoxy) is 1. The Morgan fingerprint density at radius 1 is 1.00 bits per heavy atom. The molecular formula is C24H27N3O3. The van der Waals surface area contributed by atoms with E-state index in [2.05, 4.69) is 29.4 Å². The van der Waals surface area contributed by atoms with Crippen molar-refractivity contribution in [2.75, 3.05) is 19.8 Å². The maximum Gasteiger partial charge on any atom is 0.277 e. The van der Waals surface area contributed by atoms with Crippen molar-refractivity contribution in [1.82, 2.24) is 15.5 Å². The van der Waals surface area contributed by atoms with Gasteiger partial charge in [-0.05, 0) is 17.9 Å². The maximum atomic E-state index is 13.0. The maximum absolute atomic E-state index is 13.0. The van der Waals surface area contributed by atoms with Crippen molar-refractivity contribution in [3.63, 3.8) is 0 Å². The van der Waals surface area contributed by atoms with Crippen LogP contribution in [0.25, 0.3) is 22.4 Å². The summed E-state index contributed by atoms with van der Waals surface area (Å²) < 4.78 is 5.56. The standard InChI is InChI=1S/C24H27N3O3/c1-17(2)13-15-30-16-14-25-23(28)21-20(18-9-5-3-6-10-18)22(26-27-24(21)29)19-11-7-4-8-12-19/h3-12,17H,13-16H2,1-2H3,(H,25,28)(H,27,29). The molecule has 0 bridgehead atoms. The molecule has 0 radical (unpaired) electrons. The first kappa shape index (κ1) is 21.5. The number of nitrogens with zero attached hydrogens (tertiary/aromatic N) is 1. The first-order chi connectivity index (χ1) is 14.6. The Bertz CT molecular complexity index is 1010. The highest BCUT2D eigenvalue weighted by molar-refractivity contribution is 6.03. The van der Waals surface area contributed by atoms with Gasteiger partial charge in [0.15, 0.2) is 0 Å². The molecule has 156 valence electrons. The average molecular weight is 405 g/mol. The summed E-state index contributed by atoms with van der Waals surface area (Å²) in [5.74, 6) is 0.127. The Morgan fingerprint density at radius 3 is 2.27 bits per heavy atom. The van der Waals surface area contributed by atoms with Gasteiger partial charge in [0.2, 0.25) is 0 Å². The molecule has 0 saturated heterocycles. The number of carbonyl (C=O) groups is 1. The van der Waals surface area contributed by atoms with Crippen molar-refractivity contribution in [3.8, 4) is 22.4 Å². The lowest BCUT2D eigenvalue weighted by molar-refractivity contribution is 0.0905. The lowest BCUT2D eigenvalue weighted by atomic mass is 9.95. The minimum atomic E-state index is -0.522. The van der Waals surface area contributed by atoms with Crippen LogP contribution in [0.1, 0.15) is 30.6 Å². The Balaban J connectivity index is 1.90. The molecular weight excluding hydrogens is 378 g/mol. The van der Waals surface area contributed by atoms with E-state index in [-0.39, 0.29) is 5.56 Å². The molecule has 0 atom stereocenters. The SMILES string of the molecule is CC(C)CCOCCNC(=O)c1c(-c2ccccc2)c(-c2ccccc2)n[nH]c1=O. The van der Waals surface area contributed by atoms with Gasteiger partial charge in [0, 0.05) is 24.3 Å². The fourth-order valence-corrected chi connectivity index (χ4v) is 3.10. The number of rotatable bonds is 9. The smallest absolute Gasteiger partial charge is 0.277 e. The number of hydrogen-bond donors (Lipinski definition) is 2. The zero-order valence-corrected chi connectivity index (χ0v) is 17.4. The molecule has 0 aliphatic carbocycles. The van der Waals surface area contributed by atoms with E-state index in [1.807, 2.05) is 60.7 Å². The molecule has 30 heavy (non-hydrogen) atoms. The number of H-pyrrole nitrogens is 1. The van der Waals surface area contributed by atoms with E-state index in [4.69, 9.17) is 4.74 Å². The molecule has 3 rings (SSSR count). The highest BCUT2D eigenvalue weighted by Gasteiger charge is 2.22. The topological polar surface area (TPSA) is 84.1 Å². The molecule has 1 aromatic heterocycles. The van der Waals surface area contributed by atoms with E-state index < -0.39 is 11.5 Å². The molecule has 2 N–H and O–H groups in total. The molecule has 6 heteroatoms. The lowest BCUT2D eigenvalue weighted by Crippen LogP contribution is -2.33. The van der Waals surface area contributed by atoms with Crippen LogP contribution in [0.5, 0.6) is 0 Å². The van der Waals surface area contributed by atoms with Crippen molar-refractivity contribution in [1.29, 1.82) is 0 Å². The minimum absolute atomic E-state index is 0.0530. The highest BCUT2D eigenvalue weighted by atomic mass is 16.5. The third-order valence-corrected chi connectivity index (χ3v) is 4.69. The highest BCUT2D eigenvalue weighted by Crippen LogP contribution is 2.31. The zero-order valence-electron chi connectivity index (χ0n) is 17.4. The molecule has 2 aromatic carbocycles. The second-order valence-corrected chi connectivity index (χ2v) is 7.43. The van der Waals surface area contributed by atoms with Crippen LogP contribution >= 0.6 is 0 Å². The van der Waals surface area contributed by atoms with E-state index in [1.165, 1.54) is 0 Å². The number of aromatic nitrogens is 2. The van der Waals surface area contributed by atoms with Crippen LogP contribution in [0.3, 0.4) is 0 Å². The van der Waals surface area contributed by atoms with Gasteiger partial charge in [0.05, 0.1) is 12.3 Å². The second kappa shape index (κ2) is 10.5. The van der Waals surface area contributed by atoms with E-state index in [0.29, 0.717) is 36.9 Å². The molecule has 0 aliphatic heterocycles. The Kier molecular flexibility index (Phi) is 7.51. The van der Waals surface area contributed by atoms with Crippen molar-refractivity contribution in [3.05, 3.63) is 76.6 Å². The van der Waals surface area contributed by atoms with Crippen LogP contribution in [-0.2, 0) is 4.74 Å². The average Bonchev–Trinajstić information content (AvgIpc) is 2.76. The van der Waals surface area contributed by atoms with Gasteiger partial charge in [-0.1, -0.05) is 74.5 Å². The number of benzene rings is 2. The monoisotopic (exact) mass is 405 g/mol. The van der Waals surface area contributed by atoms with Gasteiger partial charge < -0.3 is 10.1 Å². The van der Waals surface area contributed by atoms with Gasteiger partial charge in [-0.3, -0.25) is 9.59 Å². The van der Waals surface area contributed by atoms with E-state index in [9.17, 15) is 9.59 Å². The Morgan fingerprint density at radius 2 is 1.63 bits per heavy atom. The summed E-state index contributed by atoms with van der Waals surface area (Å²) in [7, 11) is 0. The molecule has 0 spiro atoms. The van der Waals surface area contributed by atoms with E-state index >= 15 is 0 Å². The van der Waals surface area contributed by atoms with Gasteiger partial charge in [0.25, 0.3) is 11.5 Å². The van der Waals surface area contributed by atoms with Crippen LogP contribution in [-0.4, -0.2) is 35.9 Å². The van der Waals surface area contributed by atoms with Crippen LogP contribution < -0.4 is 10.9 Å². The van der Waals surface area contributed by atoms with Crippen molar-refractivity contribution >= 4 is 5.91 Å². The number of carbonyl (C=O) groups excluding carboxylic acids is 1. The summed E-state index contributed by atoms with van der Waals surface area (Å²) in [6, 6.07) is 18.9. The van der Waals surface area contributed by atoms with Crippen molar-refractivity contribution in [2.45, 2.75) is 20.3 Å². The molecule has 0 aliphatic rings. The molecule has 0 saturated carbocycles. The normalized spacial score (nSPS) is 10.9. The molecule has 0 unspecified atom stereocenters. The second-order valence-electron chi connectivity index (χ2n) is 7.43. The number of nitrogens with one attached hydrogen (secondary N) is 2. The van der Waals surface area contributed by atoms with Gasteiger partial charge in [-0.15, -0.1) is 0 Å². The predicted molar refractivity (Wildman–Crippen MR) is 118 cm³/mol. The van der Waals surface area contributed by atoms with Crippen LogP contribution in [0.15, 0.2) is 65.5 Å². The number of aromatic amines is 1.